The van der Waals surface area contributed by atoms with Gasteiger partial charge < -0.3 is 19.7 Å². The zero-order chi connectivity index (χ0) is 25.4. The third-order valence-corrected chi connectivity index (χ3v) is 8.49. The minimum Gasteiger partial charge on any atom is -0.493 e. The van der Waals surface area contributed by atoms with Crippen LogP contribution in [0.25, 0.3) is 10.9 Å². The van der Waals surface area contributed by atoms with Gasteiger partial charge in [0, 0.05) is 35.6 Å². The summed E-state index contributed by atoms with van der Waals surface area (Å²) in [5, 5.41) is 3.74. The topological polar surface area (TPSA) is 59.5 Å². The first-order chi connectivity index (χ1) is 17.3. The summed E-state index contributed by atoms with van der Waals surface area (Å²) >= 11 is 9.29. The highest BCUT2D eigenvalue weighted by Gasteiger charge is 2.41. The van der Waals surface area contributed by atoms with Crippen molar-refractivity contribution in [2.45, 2.75) is 26.7 Å². The fourth-order valence-corrected chi connectivity index (χ4v) is 6.19. The van der Waals surface area contributed by atoms with Crippen LogP contribution in [0.3, 0.4) is 0 Å². The van der Waals surface area contributed by atoms with Gasteiger partial charge in [-0.15, -0.1) is 0 Å². The molecule has 0 spiro atoms. The van der Waals surface area contributed by atoms with E-state index in [0.717, 1.165) is 17.8 Å². The van der Waals surface area contributed by atoms with E-state index in [1.54, 1.807) is 19.2 Å². The number of hydrogen-bond acceptors (Lipinski definition) is 6. The smallest absolute Gasteiger partial charge is 0.166 e. The number of hydrogen-bond donors (Lipinski definition) is 1. The average molecular weight is 578 g/mol. The first-order valence-corrected chi connectivity index (χ1v) is 13.6. The average Bonchev–Trinajstić information content (AvgIpc) is 3.40. The van der Waals surface area contributed by atoms with Crippen LogP contribution < -0.4 is 14.8 Å². The van der Waals surface area contributed by atoms with Gasteiger partial charge in [0.25, 0.3) is 0 Å². The molecule has 2 atom stereocenters. The lowest BCUT2D eigenvalue weighted by Crippen LogP contribution is -2.27. The maximum Gasteiger partial charge on any atom is 0.166 e. The van der Waals surface area contributed by atoms with Crippen molar-refractivity contribution in [3.05, 3.63) is 45.9 Å². The molecule has 1 saturated carbocycles. The molecule has 0 bridgehead atoms. The highest BCUT2D eigenvalue weighted by atomic mass is 79.9. The molecule has 2 aromatic carbocycles. The molecular weight excluding hydrogens is 547 g/mol. The first-order valence-electron chi connectivity index (χ1n) is 12.4. The number of anilines is 2. The summed E-state index contributed by atoms with van der Waals surface area (Å²) < 4.78 is 27.1. The van der Waals surface area contributed by atoms with E-state index in [9.17, 15) is 4.39 Å². The Kier molecular flexibility index (Phi) is 7.56. The molecule has 36 heavy (non-hydrogen) atoms. The molecule has 0 radical (unpaired) electrons. The van der Waals surface area contributed by atoms with Crippen molar-refractivity contribution in [2.75, 3.05) is 38.7 Å². The van der Waals surface area contributed by atoms with Crippen molar-refractivity contribution in [3.8, 4) is 11.5 Å². The second-order valence-electron chi connectivity index (χ2n) is 10.4. The van der Waals surface area contributed by atoms with E-state index in [-0.39, 0.29) is 10.7 Å². The van der Waals surface area contributed by atoms with Crippen LogP contribution in [0, 0.1) is 29.5 Å². The Balaban J connectivity index is 1.29. The summed E-state index contributed by atoms with van der Waals surface area (Å²) in [6, 6.07) is 6.99. The predicted octanol–water partition coefficient (Wildman–Crippen LogP) is 6.93. The summed E-state index contributed by atoms with van der Waals surface area (Å²) in [5.41, 5.74) is 0.903. The van der Waals surface area contributed by atoms with Crippen LogP contribution >= 0.6 is 27.5 Å². The van der Waals surface area contributed by atoms with Gasteiger partial charge in [-0.1, -0.05) is 25.4 Å². The van der Waals surface area contributed by atoms with Gasteiger partial charge in [-0.25, -0.2) is 14.4 Å². The minimum absolute atomic E-state index is 0.00955. The highest BCUT2D eigenvalue weighted by Crippen LogP contribution is 2.43. The van der Waals surface area contributed by atoms with E-state index >= 15 is 0 Å². The molecule has 2 heterocycles. The van der Waals surface area contributed by atoms with E-state index in [1.807, 2.05) is 12.1 Å². The van der Waals surface area contributed by atoms with E-state index in [1.165, 1.54) is 38.8 Å². The Bertz CT molecular complexity index is 1250. The fraction of sp³-hybridized carbons (Fsp3) is 0.481. The number of benzene rings is 2. The van der Waals surface area contributed by atoms with E-state index in [4.69, 9.17) is 21.1 Å². The van der Waals surface area contributed by atoms with Crippen LogP contribution in [0.15, 0.2) is 35.1 Å². The number of nitrogens with zero attached hydrogens (tertiary/aromatic N) is 3. The monoisotopic (exact) mass is 576 g/mol. The van der Waals surface area contributed by atoms with Crippen LogP contribution in [-0.4, -0.2) is 48.2 Å². The molecule has 0 amide bonds. The number of methoxy groups -OCH3 is 1. The zero-order valence-electron chi connectivity index (χ0n) is 20.7. The molecule has 5 rings (SSSR count). The molecular formula is C27H31BrClFN4O2. The third kappa shape index (κ3) is 5.27. The molecule has 9 heteroatoms. The Hall–Kier alpha value is -2.16. The molecule has 1 N–H and O–H groups in total. The Morgan fingerprint density at radius 3 is 2.61 bits per heavy atom. The largest absolute Gasteiger partial charge is 0.493 e. The number of rotatable bonds is 8. The summed E-state index contributed by atoms with van der Waals surface area (Å²) in [7, 11) is 1.61. The maximum absolute atomic E-state index is 14.7. The Morgan fingerprint density at radius 2 is 1.92 bits per heavy atom. The lowest BCUT2D eigenvalue weighted by Gasteiger charge is -2.21. The molecule has 192 valence electrons. The molecule has 6 nitrogen and oxygen atoms in total. The number of fused-ring (bicyclic) bond motifs is 2. The van der Waals surface area contributed by atoms with Crippen LogP contribution in [0.2, 0.25) is 5.02 Å². The van der Waals surface area contributed by atoms with Gasteiger partial charge in [0.05, 0.1) is 29.9 Å². The summed E-state index contributed by atoms with van der Waals surface area (Å²) in [4.78, 5) is 11.4. The predicted molar refractivity (Wildman–Crippen MR) is 145 cm³/mol. The van der Waals surface area contributed by atoms with Gasteiger partial charge in [0.15, 0.2) is 17.3 Å². The number of nitrogens with one attached hydrogen (secondary N) is 1. The molecule has 2 unspecified atom stereocenters. The minimum atomic E-state index is -0.557. The van der Waals surface area contributed by atoms with E-state index < -0.39 is 5.82 Å². The van der Waals surface area contributed by atoms with Crippen molar-refractivity contribution in [1.29, 1.82) is 0 Å². The van der Waals surface area contributed by atoms with Crippen molar-refractivity contribution < 1.29 is 13.9 Å². The second-order valence-corrected chi connectivity index (χ2v) is 11.6. The summed E-state index contributed by atoms with van der Waals surface area (Å²) in [6.45, 7) is 8.88. The van der Waals surface area contributed by atoms with Gasteiger partial charge in [-0.05, 0) is 70.6 Å². The van der Waals surface area contributed by atoms with Crippen molar-refractivity contribution in [2.24, 2.45) is 23.7 Å². The SMILES string of the molecule is COc1cc2c(Nc3ccc(Br)c(Cl)c3F)ncnc2cc1OCC1CC2CN(CC(C)C)CC2C1. The van der Waals surface area contributed by atoms with Crippen LogP contribution in [0.1, 0.15) is 26.7 Å². The molecule has 3 aromatic rings. The zero-order valence-corrected chi connectivity index (χ0v) is 23.1. The molecule has 2 fully saturated rings. The Labute approximate surface area is 224 Å². The number of aromatic nitrogens is 2. The van der Waals surface area contributed by atoms with Gasteiger partial charge in [0.1, 0.15) is 12.1 Å². The van der Waals surface area contributed by atoms with Crippen LogP contribution in [0.5, 0.6) is 11.5 Å². The van der Waals surface area contributed by atoms with Crippen molar-refractivity contribution >= 4 is 49.9 Å². The van der Waals surface area contributed by atoms with Crippen LogP contribution in [-0.2, 0) is 0 Å². The molecule has 1 saturated heterocycles. The number of likely N-dealkylation sites (tertiary alicyclic amines) is 1. The third-order valence-electron chi connectivity index (χ3n) is 7.23. The lowest BCUT2D eigenvalue weighted by molar-refractivity contribution is 0.216. The standard InChI is InChI=1S/C27H31BrClFN4O2/c1-15(2)10-34-11-17-6-16(7-18(17)12-34)13-36-24-9-22-19(8-23(24)35-3)27(32-14-31-22)33-21-5-4-20(28)25(29)26(21)30/h4-5,8-9,14-18H,6-7,10-13H2,1-3H3,(H,31,32,33). The maximum atomic E-state index is 14.7. The van der Waals surface area contributed by atoms with Crippen LogP contribution in [0.4, 0.5) is 15.9 Å². The molecule has 1 aliphatic carbocycles. The van der Waals surface area contributed by atoms with E-state index in [2.05, 4.69) is 50.0 Å². The van der Waals surface area contributed by atoms with E-state index in [0.29, 0.717) is 45.2 Å². The quantitative estimate of drug-likeness (QED) is 0.293. The molecule has 1 aromatic heterocycles. The normalized spacial score (nSPS) is 21.8. The summed E-state index contributed by atoms with van der Waals surface area (Å²) in [6.07, 6.45) is 3.87. The van der Waals surface area contributed by atoms with Gasteiger partial charge >= 0.3 is 0 Å². The lowest BCUT2D eigenvalue weighted by atomic mass is 10.0. The Morgan fingerprint density at radius 1 is 1.17 bits per heavy atom. The van der Waals surface area contributed by atoms with Gasteiger partial charge in [0.2, 0.25) is 0 Å². The van der Waals surface area contributed by atoms with Gasteiger partial charge in [-0.3, -0.25) is 0 Å². The summed E-state index contributed by atoms with van der Waals surface area (Å²) in [5.74, 6) is 3.98. The van der Waals surface area contributed by atoms with Crippen molar-refractivity contribution in [1.82, 2.24) is 14.9 Å². The molecule has 1 aliphatic heterocycles. The fourth-order valence-electron chi connectivity index (χ4n) is 5.72. The highest BCUT2D eigenvalue weighted by molar-refractivity contribution is 9.10. The second kappa shape index (κ2) is 10.7. The first kappa shape index (κ1) is 25.5. The number of halogens is 3. The number of ether oxygens (including phenoxy) is 2. The molecule has 2 aliphatic rings. The van der Waals surface area contributed by atoms with Crippen molar-refractivity contribution in [3.63, 3.8) is 0 Å². The van der Waals surface area contributed by atoms with Gasteiger partial charge in [-0.2, -0.15) is 0 Å².